The Hall–Kier alpha value is -2.42. The van der Waals surface area contributed by atoms with Gasteiger partial charge in [-0.1, -0.05) is 6.07 Å². The first-order valence-electron chi connectivity index (χ1n) is 9.50. The second kappa shape index (κ2) is 7.90. The van der Waals surface area contributed by atoms with Crippen molar-refractivity contribution in [2.24, 2.45) is 0 Å². The van der Waals surface area contributed by atoms with Gasteiger partial charge in [0.2, 0.25) is 21.8 Å². The van der Waals surface area contributed by atoms with Crippen molar-refractivity contribution in [2.75, 3.05) is 17.6 Å². The van der Waals surface area contributed by atoms with Crippen molar-refractivity contribution in [3.63, 3.8) is 0 Å². The number of benzene rings is 1. The van der Waals surface area contributed by atoms with Gasteiger partial charge in [0.1, 0.15) is 5.75 Å². The molecule has 0 saturated carbocycles. The van der Waals surface area contributed by atoms with Crippen LogP contribution in [0.4, 0.5) is 10.5 Å². The maximum absolute atomic E-state index is 12.4. The van der Waals surface area contributed by atoms with Crippen LogP contribution in [0.5, 0.6) is 0 Å². The second-order valence-corrected chi connectivity index (χ2v) is 8.93. The Morgan fingerprint density at radius 2 is 1.61 bits per heavy atom. The summed E-state index contributed by atoms with van der Waals surface area (Å²) in [6.45, 7) is 2.82. The third-order valence-corrected chi connectivity index (χ3v) is 6.39. The Morgan fingerprint density at radius 1 is 1.04 bits per heavy atom. The van der Waals surface area contributed by atoms with Crippen molar-refractivity contribution in [3.05, 3.63) is 28.3 Å². The number of anilines is 1. The molecule has 0 aliphatic heterocycles. The van der Waals surface area contributed by atoms with Crippen molar-refractivity contribution in [1.82, 2.24) is 9.62 Å². The number of hydrogen-bond acceptors (Lipinski definition) is 5. The van der Waals surface area contributed by atoms with Gasteiger partial charge < -0.3 is 5.32 Å². The normalized spacial score (nSPS) is 14.9. The van der Waals surface area contributed by atoms with E-state index < -0.39 is 33.6 Å². The molecule has 9 heteroatoms. The van der Waals surface area contributed by atoms with E-state index in [2.05, 4.69) is 11.4 Å². The number of aryl methyl sites for hydroxylation is 2. The third-order valence-electron chi connectivity index (χ3n) is 5.27. The number of fused-ring (bicyclic) bond motifs is 2. The fraction of sp³-hybridized carbons (Fsp3) is 0.526. The van der Waals surface area contributed by atoms with Gasteiger partial charge in [-0.3, -0.25) is 14.5 Å². The molecule has 0 bridgehead atoms. The molecule has 0 aromatic heterocycles. The summed E-state index contributed by atoms with van der Waals surface area (Å²) in [5.74, 6) is -2.36. The summed E-state index contributed by atoms with van der Waals surface area (Å²) in [6.07, 6.45) is 5.66. The first-order chi connectivity index (χ1) is 13.2. The monoisotopic (exact) mass is 407 g/mol. The standard InChI is InChI=1S/C19H25N3O5S/c1-3-22(12(2)23)17(24)11-28(26,27)21-19(25)20-18-15-8-4-6-13(15)10-14-7-5-9-16(14)18/h10H,3-9,11H2,1-2H3,(H2,20,21,25). The number of imide groups is 1. The molecule has 0 radical (unpaired) electrons. The lowest BCUT2D eigenvalue weighted by Gasteiger charge is -2.18. The molecule has 152 valence electrons. The fourth-order valence-corrected chi connectivity index (χ4v) is 4.99. The van der Waals surface area contributed by atoms with Crippen molar-refractivity contribution in [3.8, 4) is 0 Å². The zero-order valence-corrected chi connectivity index (χ0v) is 16.9. The van der Waals surface area contributed by atoms with E-state index in [0.29, 0.717) is 0 Å². The minimum atomic E-state index is -4.22. The fourth-order valence-electron chi connectivity index (χ4n) is 4.10. The summed E-state index contributed by atoms with van der Waals surface area (Å²) in [4.78, 5) is 36.6. The molecule has 2 aliphatic rings. The Balaban J connectivity index is 1.73. The number of amides is 4. The maximum Gasteiger partial charge on any atom is 0.332 e. The van der Waals surface area contributed by atoms with E-state index in [1.54, 1.807) is 6.92 Å². The van der Waals surface area contributed by atoms with Crippen molar-refractivity contribution in [2.45, 2.75) is 52.4 Å². The molecule has 0 unspecified atom stereocenters. The Morgan fingerprint density at radius 3 is 2.11 bits per heavy atom. The van der Waals surface area contributed by atoms with Gasteiger partial charge in [0.15, 0.2) is 0 Å². The smallest absolute Gasteiger partial charge is 0.307 e. The highest BCUT2D eigenvalue weighted by atomic mass is 32.2. The minimum Gasteiger partial charge on any atom is -0.307 e. The third kappa shape index (κ3) is 4.19. The lowest BCUT2D eigenvalue weighted by molar-refractivity contribution is -0.141. The largest absolute Gasteiger partial charge is 0.332 e. The van der Waals surface area contributed by atoms with Gasteiger partial charge in [0.05, 0.1) is 0 Å². The van der Waals surface area contributed by atoms with Crippen LogP contribution in [0.15, 0.2) is 6.07 Å². The van der Waals surface area contributed by atoms with E-state index in [9.17, 15) is 22.8 Å². The maximum atomic E-state index is 12.4. The van der Waals surface area contributed by atoms with E-state index in [1.165, 1.54) is 18.1 Å². The number of carbonyl (C=O) groups is 3. The highest BCUT2D eigenvalue weighted by molar-refractivity contribution is 7.90. The summed E-state index contributed by atoms with van der Waals surface area (Å²) < 4.78 is 26.3. The SMILES string of the molecule is CCN(C(C)=O)C(=O)CS(=O)(=O)NC(=O)Nc1c2c(cc3c1CCC3)CCC2. The quantitative estimate of drug-likeness (QED) is 0.768. The van der Waals surface area contributed by atoms with E-state index in [0.717, 1.165) is 60.2 Å². The average Bonchev–Trinajstić information content (AvgIpc) is 3.22. The zero-order chi connectivity index (χ0) is 20.5. The van der Waals surface area contributed by atoms with Crippen LogP contribution in [0.3, 0.4) is 0 Å². The molecule has 1 aromatic rings. The van der Waals surface area contributed by atoms with Gasteiger partial charge >= 0.3 is 6.03 Å². The summed E-state index contributed by atoms with van der Waals surface area (Å²) in [6, 6.07) is 1.33. The van der Waals surface area contributed by atoms with Gasteiger partial charge in [-0.2, -0.15) is 0 Å². The molecule has 3 rings (SSSR count). The molecule has 2 aliphatic carbocycles. The van der Waals surface area contributed by atoms with E-state index in [4.69, 9.17) is 0 Å². The molecule has 8 nitrogen and oxygen atoms in total. The van der Waals surface area contributed by atoms with Gasteiger partial charge in [-0.05, 0) is 67.7 Å². The number of carbonyl (C=O) groups excluding carboxylic acids is 3. The van der Waals surface area contributed by atoms with E-state index >= 15 is 0 Å². The van der Waals surface area contributed by atoms with Crippen LogP contribution in [0.25, 0.3) is 0 Å². The molecule has 0 atom stereocenters. The van der Waals surface area contributed by atoms with Crippen molar-refractivity contribution in [1.29, 1.82) is 0 Å². The molecular weight excluding hydrogens is 382 g/mol. The summed E-state index contributed by atoms with van der Waals surface area (Å²) in [5, 5.41) is 2.72. The molecule has 1 aromatic carbocycles. The van der Waals surface area contributed by atoms with Crippen LogP contribution >= 0.6 is 0 Å². The lowest BCUT2D eigenvalue weighted by Crippen LogP contribution is -2.44. The minimum absolute atomic E-state index is 0.0676. The number of nitrogens with zero attached hydrogens (tertiary/aromatic N) is 1. The topological polar surface area (TPSA) is 113 Å². The average molecular weight is 407 g/mol. The summed E-state index contributed by atoms with van der Waals surface area (Å²) in [7, 11) is -4.22. The first kappa shape index (κ1) is 20.3. The van der Waals surface area contributed by atoms with Gasteiger partial charge in [-0.25, -0.2) is 17.9 Å². The van der Waals surface area contributed by atoms with Crippen molar-refractivity contribution < 1.29 is 22.8 Å². The number of rotatable bonds is 5. The molecule has 4 amide bonds. The molecular formula is C19H25N3O5S. The first-order valence-corrected chi connectivity index (χ1v) is 11.2. The van der Waals surface area contributed by atoms with Crippen LogP contribution < -0.4 is 10.0 Å². The highest BCUT2D eigenvalue weighted by Crippen LogP contribution is 2.38. The zero-order valence-electron chi connectivity index (χ0n) is 16.1. The van der Waals surface area contributed by atoms with E-state index in [1.807, 2.05) is 4.72 Å². The van der Waals surface area contributed by atoms with Crippen LogP contribution in [-0.2, 0) is 45.3 Å². The van der Waals surface area contributed by atoms with Crippen molar-refractivity contribution >= 4 is 33.6 Å². The summed E-state index contributed by atoms with van der Waals surface area (Å²) in [5.41, 5.74) is 5.32. The van der Waals surface area contributed by atoms with Crippen LogP contribution in [0.2, 0.25) is 0 Å². The second-order valence-electron chi connectivity index (χ2n) is 7.21. The molecule has 0 spiro atoms. The van der Waals surface area contributed by atoms with Crippen LogP contribution in [0, 0.1) is 0 Å². The lowest BCUT2D eigenvalue weighted by atomic mass is 9.99. The van der Waals surface area contributed by atoms with Gasteiger partial charge in [0.25, 0.3) is 0 Å². The Bertz CT molecular complexity index is 907. The predicted octanol–water partition coefficient (Wildman–Crippen LogP) is 1.51. The van der Waals surface area contributed by atoms with Gasteiger partial charge in [0, 0.05) is 19.2 Å². The Kier molecular flexibility index (Phi) is 5.74. The number of urea groups is 1. The summed E-state index contributed by atoms with van der Waals surface area (Å²) >= 11 is 0. The number of sulfonamides is 1. The molecule has 0 fully saturated rings. The molecule has 2 N–H and O–H groups in total. The predicted molar refractivity (Wildman–Crippen MR) is 105 cm³/mol. The molecule has 28 heavy (non-hydrogen) atoms. The Labute approximate surface area is 164 Å². The van der Waals surface area contributed by atoms with Crippen LogP contribution in [-0.4, -0.2) is 43.5 Å². The number of nitrogens with one attached hydrogen (secondary N) is 2. The van der Waals surface area contributed by atoms with Crippen LogP contribution in [0.1, 0.15) is 48.9 Å². The van der Waals surface area contributed by atoms with E-state index in [-0.39, 0.29) is 6.54 Å². The highest BCUT2D eigenvalue weighted by Gasteiger charge is 2.28. The molecule has 0 saturated heterocycles. The van der Waals surface area contributed by atoms with Gasteiger partial charge in [-0.15, -0.1) is 0 Å². The number of hydrogen-bond donors (Lipinski definition) is 2. The molecule has 0 heterocycles.